The Morgan fingerprint density at radius 2 is 2.27 bits per heavy atom. The van der Waals surface area contributed by atoms with E-state index < -0.39 is 0 Å². The van der Waals surface area contributed by atoms with Crippen LogP contribution < -0.4 is 15.5 Å². The van der Waals surface area contributed by atoms with Gasteiger partial charge in [0.05, 0.1) is 5.02 Å². The third kappa shape index (κ3) is 6.97. The van der Waals surface area contributed by atoms with E-state index in [-0.39, 0.29) is 29.9 Å². The molecule has 1 aliphatic rings. The normalized spacial score (nSPS) is 16.6. The Bertz CT molecular complexity index is 814. The Morgan fingerprint density at radius 3 is 2.97 bits per heavy atom. The van der Waals surface area contributed by atoms with Gasteiger partial charge in [-0.2, -0.15) is 4.98 Å². The number of hydrogen-bond donors (Lipinski definition) is 2. The van der Waals surface area contributed by atoms with E-state index in [1.165, 1.54) is 0 Å². The summed E-state index contributed by atoms with van der Waals surface area (Å²) in [4.78, 5) is 15.7. The summed E-state index contributed by atoms with van der Waals surface area (Å²) in [5.41, 5.74) is 0. The van der Waals surface area contributed by atoms with Gasteiger partial charge in [-0.25, -0.2) is 4.98 Å². The first-order valence-corrected chi connectivity index (χ1v) is 10.7. The van der Waals surface area contributed by atoms with Crippen molar-refractivity contribution in [3.63, 3.8) is 0 Å². The summed E-state index contributed by atoms with van der Waals surface area (Å²) < 4.78 is 5.29. The number of aliphatic imine (C=N–C) groups is 1. The standard InChI is InChI=1S/C20H30ClN7O.HI/c1-4-22-20(24-11-6-8-17-26-18(14(2)3)27-29-17)25-15-9-12-28(13-15)19-16(21)7-5-10-23-19;/h5,7,10,14-15H,4,6,8-9,11-13H2,1-3H3,(H2,22,24,25);1H. The van der Waals surface area contributed by atoms with Gasteiger partial charge in [0, 0.05) is 50.8 Å². The Hall–Kier alpha value is -1.62. The van der Waals surface area contributed by atoms with Gasteiger partial charge in [0.15, 0.2) is 11.8 Å². The Balaban J connectivity index is 0.00000320. The van der Waals surface area contributed by atoms with Crippen LogP contribution in [0.1, 0.15) is 51.2 Å². The summed E-state index contributed by atoms with van der Waals surface area (Å²) in [6, 6.07) is 4.03. The molecule has 1 aliphatic heterocycles. The van der Waals surface area contributed by atoms with Crippen LogP contribution in [0.3, 0.4) is 0 Å². The van der Waals surface area contributed by atoms with Crippen molar-refractivity contribution in [2.75, 3.05) is 31.1 Å². The minimum Gasteiger partial charge on any atom is -0.357 e. The molecule has 0 bridgehead atoms. The van der Waals surface area contributed by atoms with Gasteiger partial charge in [0.1, 0.15) is 5.82 Å². The number of halogens is 2. The smallest absolute Gasteiger partial charge is 0.226 e. The lowest BCUT2D eigenvalue weighted by atomic mass is 10.2. The molecule has 0 saturated carbocycles. The number of rotatable bonds is 8. The fourth-order valence-electron chi connectivity index (χ4n) is 3.22. The topological polar surface area (TPSA) is 91.5 Å². The minimum atomic E-state index is 0. The van der Waals surface area contributed by atoms with Crippen molar-refractivity contribution in [3.8, 4) is 0 Å². The monoisotopic (exact) mass is 547 g/mol. The van der Waals surface area contributed by atoms with Crippen LogP contribution in [-0.2, 0) is 6.42 Å². The van der Waals surface area contributed by atoms with E-state index in [2.05, 4.69) is 51.4 Å². The van der Waals surface area contributed by atoms with Crippen LogP contribution in [0.2, 0.25) is 5.02 Å². The van der Waals surface area contributed by atoms with E-state index in [0.717, 1.165) is 56.5 Å². The van der Waals surface area contributed by atoms with Crippen LogP contribution in [0.4, 0.5) is 5.82 Å². The maximum atomic E-state index is 6.28. The van der Waals surface area contributed by atoms with Crippen LogP contribution >= 0.6 is 35.6 Å². The molecule has 1 saturated heterocycles. The van der Waals surface area contributed by atoms with E-state index in [9.17, 15) is 0 Å². The lowest BCUT2D eigenvalue weighted by Gasteiger charge is -2.20. The Kier molecular flexibility index (Phi) is 10.1. The average Bonchev–Trinajstić information content (AvgIpc) is 3.35. The average molecular weight is 548 g/mol. The van der Waals surface area contributed by atoms with E-state index in [0.29, 0.717) is 23.5 Å². The summed E-state index contributed by atoms with van der Waals surface area (Å²) in [5, 5.41) is 11.5. The first kappa shape index (κ1) is 24.6. The zero-order valence-electron chi connectivity index (χ0n) is 17.8. The second-order valence-corrected chi connectivity index (χ2v) is 7.86. The molecule has 2 N–H and O–H groups in total. The minimum absolute atomic E-state index is 0. The predicted molar refractivity (Wildman–Crippen MR) is 131 cm³/mol. The maximum Gasteiger partial charge on any atom is 0.226 e. The molecular formula is C20H31ClIN7O. The van der Waals surface area contributed by atoms with Gasteiger partial charge < -0.3 is 20.1 Å². The molecule has 1 fully saturated rings. The molecule has 166 valence electrons. The van der Waals surface area contributed by atoms with Crippen LogP contribution in [0.15, 0.2) is 27.8 Å². The third-order valence-electron chi connectivity index (χ3n) is 4.73. The molecule has 0 aromatic carbocycles. The zero-order chi connectivity index (χ0) is 20.6. The number of guanidine groups is 1. The van der Waals surface area contributed by atoms with Crippen molar-refractivity contribution in [1.29, 1.82) is 0 Å². The fraction of sp³-hybridized carbons (Fsp3) is 0.600. The highest BCUT2D eigenvalue weighted by molar-refractivity contribution is 14.0. The van der Waals surface area contributed by atoms with Gasteiger partial charge in [-0.1, -0.05) is 30.6 Å². The van der Waals surface area contributed by atoms with E-state index in [1.807, 2.05) is 12.1 Å². The second-order valence-electron chi connectivity index (χ2n) is 7.45. The number of nitrogens with one attached hydrogen (secondary N) is 2. The molecule has 0 aliphatic carbocycles. The van der Waals surface area contributed by atoms with E-state index in [4.69, 9.17) is 21.1 Å². The summed E-state index contributed by atoms with van der Waals surface area (Å²) in [6.45, 7) is 9.45. The number of aryl methyl sites for hydroxylation is 1. The zero-order valence-corrected chi connectivity index (χ0v) is 20.9. The fourth-order valence-corrected chi connectivity index (χ4v) is 3.46. The first-order valence-electron chi connectivity index (χ1n) is 10.3. The maximum absolute atomic E-state index is 6.28. The quantitative estimate of drug-likeness (QED) is 0.226. The van der Waals surface area contributed by atoms with Crippen molar-refractivity contribution >= 4 is 47.4 Å². The molecule has 3 heterocycles. The molecular weight excluding hydrogens is 517 g/mol. The van der Waals surface area contributed by atoms with Crippen molar-refractivity contribution < 1.29 is 4.52 Å². The molecule has 30 heavy (non-hydrogen) atoms. The highest BCUT2D eigenvalue weighted by atomic mass is 127. The first-order chi connectivity index (χ1) is 14.1. The van der Waals surface area contributed by atoms with Crippen molar-refractivity contribution in [2.45, 2.75) is 52.0 Å². The number of nitrogens with zero attached hydrogens (tertiary/aromatic N) is 5. The molecule has 0 amide bonds. The van der Waals surface area contributed by atoms with Crippen LogP contribution in [-0.4, -0.2) is 53.3 Å². The SMILES string of the molecule is CCNC(=NCCCc1nc(C(C)C)no1)NC1CCN(c2ncccc2Cl)C1.I. The number of aromatic nitrogens is 3. The van der Waals surface area contributed by atoms with Gasteiger partial charge in [0.2, 0.25) is 5.89 Å². The molecule has 1 unspecified atom stereocenters. The van der Waals surface area contributed by atoms with Gasteiger partial charge in [-0.3, -0.25) is 4.99 Å². The predicted octanol–water partition coefficient (Wildman–Crippen LogP) is 3.63. The number of pyridine rings is 1. The molecule has 3 rings (SSSR count). The molecule has 1 atom stereocenters. The van der Waals surface area contributed by atoms with Crippen molar-refractivity contribution in [3.05, 3.63) is 35.1 Å². The van der Waals surface area contributed by atoms with Crippen LogP contribution in [0, 0.1) is 0 Å². The van der Waals surface area contributed by atoms with Gasteiger partial charge in [-0.05, 0) is 31.9 Å². The third-order valence-corrected chi connectivity index (χ3v) is 5.03. The summed E-state index contributed by atoms with van der Waals surface area (Å²) in [5.74, 6) is 3.40. The lowest BCUT2D eigenvalue weighted by molar-refractivity contribution is 0.369. The molecule has 0 radical (unpaired) electrons. The molecule has 8 nitrogen and oxygen atoms in total. The number of hydrogen-bond acceptors (Lipinski definition) is 6. The van der Waals surface area contributed by atoms with E-state index >= 15 is 0 Å². The van der Waals surface area contributed by atoms with Crippen molar-refractivity contribution in [2.24, 2.45) is 4.99 Å². The van der Waals surface area contributed by atoms with Crippen molar-refractivity contribution in [1.82, 2.24) is 25.8 Å². The molecule has 2 aromatic rings. The summed E-state index contributed by atoms with van der Waals surface area (Å²) >= 11 is 6.28. The van der Waals surface area contributed by atoms with Gasteiger partial charge in [0.25, 0.3) is 0 Å². The highest BCUT2D eigenvalue weighted by Gasteiger charge is 2.25. The Labute approximate surface area is 200 Å². The largest absolute Gasteiger partial charge is 0.357 e. The van der Waals surface area contributed by atoms with Gasteiger partial charge in [-0.15, -0.1) is 24.0 Å². The molecule has 2 aromatic heterocycles. The molecule has 10 heteroatoms. The van der Waals surface area contributed by atoms with Crippen LogP contribution in [0.25, 0.3) is 0 Å². The summed E-state index contributed by atoms with van der Waals surface area (Å²) in [6.07, 6.45) is 4.38. The highest BCUT2D eigenvalue weighted by Crippen LogP contribution is 2.25. The van der Waals surface area contributed by atoms with E-state index in [1.54, 1.807) is 6.20 Å². The second kappa shape index (κ2) is 12.3. The number of anilines is 1. The Morgan fingerprint density at radius 1 is 1.43 bits per heavy atom. The lowest BCUT2D eigenvalue weighted by Crippen LogP contribution is -2.44. The van der Waals surface area contributed by atoms with Crippen LogP contribution in [0.5, 0.6) is 0 Å². The van der Waals surface area contributed by atoms with Gasteiger partial charge >= 0.3 is 0 Å². The molecule has 0 spiro atoms. The summed E-state index contributed by atoms with van der Waals surface area (Å²) in [7, 11) is 0.